The Morgan fingerprint density at radius 3 is 1.95 bits per heavy atom. The molecule has 2 aliphatic carbocycles. The molecule has 0 bridgehead atoms. The van der Waals surface area contributed by atoms with Gasteiger partial charge in [0.15, 0.2) is 17.7 Å². The Kier molecular flexibility index (Phi) is 17.4. The number of nitriles is 1. The van der Waals surface area contributed by atoms with E-state index in [1.54, 1.807) is 24.0 Å². The number of thiocarbonyl (C=S) groups is 1. The molecular formula is C45H67ClN4O9S. The molecule has 1 amide bonds. The van der Waals surface area contributed by atoms with Crippen LogP contribution in [0.4, 0.5) is 5.69 Å². The average Bonchev–Trinajstić information content (AvgIpc) is 3.44. The van der Waals surface area contributed by atoms with Gasteiger partial charge in [0.1, 0.15) is 17.1 Å². The molecule has 60 heavy (non-hydrogen) atoms. The molecule has 2 saturated carbocycles. The number of esters is 1. The third kappa shape index (κ3) is 11.8. The van der Waals surface area contributed by atoms with Crippen LogP contribution in [-0.4, -0.2) is 117 Å². The van der Waals surface area contributed by atoms with Crippen LogP contribution in [0.25, 0.3) is 0 Å². The number of methoxy groups -OCH3 is 1. The molecule has 5 fully saturated rings. The Hall–Kier alpha value is -2.45. The molecule has 15 heteroatoms. The molecule has 0 radical (unpaired) electrons. The number of carbonyl (C=O) groups is 2. The van der Waals surface area contributed by atoms with E-state index in [9.17, 15) is 14.9 Å². The minimum atomic E-state index is -1.23. The minimum Gasteiger partial charge on any atom is -0.468 e. The van der Waals surface area contributed by atoms with E-state index in [-0.39, 0.29) is 59.8 Å². The van der Waals surface area contributed by atoms with Gasteiger partial charge in [-0.2, -0.15) is 5.26 Å². The summed E-state index contributed by atoms with van der Waals surface area (Å²) in [7, 11) is 1.37. The van der Waals surface area contributed by atoms with Crippen molar-refractivity contribution in [1.82, 2.24) is 10.2 Å². The van der Waals surface area contributed by atoms with Crippen LogP contribution in [0.15, 0.2) is 12.1 Å². The maximum atomic E-state index is 14.5. The molecule has 0 spiro atoms. The molecular weight excluding hydrogens is 808 g/mol. The highest BCUT2D eigenvalue weighted by Crippen LogP contribution is 2.42. The summed E-state index contributed by atoms with van der Waals surface area (Å²) in [6, 6.07) is 5.57. The van der Waals surface area contributed by atoms with Crippen LogP contribution in [0.2, 0.25) is 5.02 Å². The standard InChI is InChI=1S/C45H67ClN4O9S/c1-44(2)41(51)49(43(60)50(44)33-16-20-35(21-17-33)55-26-10-28-59-39-12-6-8-24-57-39)37-22-13-31(30-47)40(46)36(37)29-45(3,42(52)53-4)48-32-14-18-34(19-15-32)54-25-9-27-58-38-11-5-7-23-56-38/h13,22,32-35,38-39,48H,5-12,14-21,23-29H2,1-4H3. The van der Waals surface area contributed by atoms with Gasteiger partial charge in [0.05, 0.1) is 48.8 Å². The van der Waals surface area contributed by atoms with Crippen molar-refractivity contribution in [3.8, 4) is 6.07 Å². The van der Waals surface area contributed by atoms with E-state index < -0.39 is 17.0 Å². The molecule has 6 rings (SSSR count). The topological polar surface area (TPSA) is 141 Å². The van der Waals surface area contributed by atoms with E-state index in [0.29, 0.717) is 42.8 Å². The van der Waals surface area contributed by atoms with Gasteiger partial charge in [-0.1, -0.05) is 11.6 Å². The van der Waals surface area contributed by atoms with Gasteiger partial charge in [0, 0.05) is 44.9 Å². The lowest BCUT2D eigenvalue weighted by molar-refractivity contribution is -0.165. The predicted octanol–water partition coefficient (Wildman–Crippen LogP) is 7.51. The molecule has 1 aromatic carbocycles. The summed E-state index contributed by atoms with van der Waals surface area (Å²) in [5.74, 6) is -0.649. The molecule has 3 unspecified atom stereocenters. The second kappa shape index (κ2) is 22.3. The predicted molar refractivity (Wildman–Crippen MR) is 232 cm³/mol. The van der Waals surface area contributed by atoms with Crippen LogP contribution < -0.4 is 10.2 Å². The lowest BCUT2D eigenvalue weighted by atomic mass is 9.86. The highest BCUT2D eigenvalue weighted by molar-refractivity contribution is 7.80. The van der Waals surface area contributed by atoms with E-state index in [4.69, 9.17) is 57.0 Å². The van der Waals surface area contributed by atoms with Crippen molar-refractivity contribution in [3.05, 3.63) is 28.3 Å². The zero-order valence-corrected chi connectivity index (χ0v) is 37.8. The quantitative estimate of drug-likeness (QED) is 0.0834. The number of amides is 1. The second-order valence-electron chi connectivity index (χ2n) is 17.7. The van der Waals surface area contributed by atoms with Gasteiger partial charge in [0.25, 0.3) is 5.91 Å². The molecule has 3 heterocycles. The fraction of sp³-hybridized carbons (Fsp3) is 0.778. The number of benzene rings is 1. The first-order valence-electron chi connectivity index (χ1n) is 22.4. The molecule has 3 saturated heterocycles. The van der Waals surface area contributed by atoms with Gasteiger partial charge in [-0.25, -0.2) is 0 Å². The van der Waals surface area contributed by atoms with Crippen LogP contribution >= 0.6 is 23.8 Å². The van der Waals surface area contributed by atoms with Crippen LogP contribution in [0.5, 0.6) is 0 Å². The molecule has 13 nitrogen and oxygen atoms in total. The Morgan fingerprint density at radius 1 is 0.883 bits per heavy atom. The number of halogens is 1. The van der Waals surface area contributed by atoms with Gasteiger partial charge in [-0.15, -0.1) is 0 Å². The summed E-state index contributed by atoms with van der Waals surface area (Å²) >= 11 is 13.2. The van der Waals surface area contributed by atoms with Gasteiger partial charge in [-0.05, 0) is 153 Å². The van der Waals surface area contributed by atoms with Gasteiger partial charge < -0.3 is 38.1 Å². The van der Waals surface area contributed by atoms with Crippen molar-refractivity contribution < 1.29 is 42.7 Å². The summed E-state index contributed by atoms with van der Waals surface area (Å²) in [5, 5.41) is 14.2. The maximum Gasteiger partial charge on any atom is 0.326 e. The van der Waals surface area contributed by atoms with Gasteiger partial charge >= 0.3 is 5.97 Å². The summed E-state index contributed by atoms with van der Waals surface area (Å²) in [6.07, 6.45) is 14.8. The van der Waals surface area contributed by atoms with Gasteiger partial charge in [0.2, 0.25) is 0 Å². The number of nitrogens with zero attached hydrogens (tertiary/aromatic N) is 3. The third-order valence-corrected chi connectivity index (χ3v) is 13.7. The van der Waals surface area contributed by atoms with Crippen LogP contribution in [-0.2, 0) is 49.2 Å². The van der Waals surface area contributed by atoms with E-state index >= 15 is 0 Å². The Morgan fingerprint density at radius 2 is 1.43 bits per heavy atom. The van der Waals surface area contributed by atoms with Crippen molar-refractivity contribution in [3.63, 3.8) is 0 Å². The molecule has 3 aliphatic heterocycles. The number of hydrogen-bond donors (Lipinski definition) is 1. The molecule has 0 aromatic heterocycles. The number of ether oxygens (including phenoxy) is 7. The average molecular weight is 876 g/mol. The highest BCUT2D eigenvalue weighted by atomic mass is 35.5. The number of nitrogens with one attached hydrogen (secondary N) is 1. The zero-order valence-electron chi connectivity index (χ0n) is 36.2. The Balaban J connectivity index is 1.06. The number of carbonyl (C=O) groups excluding carboxylic acids is 2. The monoisotopic (exact) mass is 874 g/mol. The fourth-order valence-electron chi connectivity index (χ4n) is 9.50. The Labute approximate surface area is 367 Å². The molecule has 5 aliphatic rings. The summed E-state index contributed by atoms with van der Waals surface area (Å²) in [6.45, 7) is 9.65. The van der Waals surface area contributed by atoms with Crippen LogP contribution in [0.1, 0.15) is 135 Å². The third-order valence-electron chi connectivity index (χ3n) is 12.8. The molecule has 334 valence electrons. The summed E-state index contributed by atoms with van der Waals surface area (Å²) in [4.78, 5) is 31.8. The molecule has 1 aromatic rings. The summed E-state index contributed by atoms with van der Waals surface area (Å²) < 4.78 is 40.9. The lowest BCUT2D eigenvalue weighted by Gasteiger charge is -2.40. The van der Waals surface area contributed by atoms with E-state index in [2.05, 4.69) is 16.3 Å². The van der Waals surface area contributed by atoms with Crippen LogP contribution in [0, 0.1) is 11.3 Å². The van der Waals surface area contributed by atoms with Crippen molar-refractivity contribution in [2.75, 3.05) is 51.7 Å². The van der Waals surface area contributed by atoms with Gasteiger partial charge in [-0.3, -0.25) is 19.8 Å². The molecule has 3 atom stereocenters. The largest absolute Gasteiger partial charge is 0.468 e. The first kappa shape index (κ1) is 47.0. The normalized spacial score (nSPS) is 28.3. The lowest BCUT2D eigenvalue weighted by Crippen LogP contribution is -2.57. The van der Waals surface area contributed by atoms with Crippen LogP contribution in [0.3, 0.4) is 0 Å². The SMILES string of the molecule is COC(=O)C(C)(Cc1c(N2C(=O)C(C)(C)N(C3CCC(OCCCOC4CCCCO4)CC3)C2=S)ccc(C#N)c1Cl)NC1CCC(OCCCOC2CCCCO2)CC1. The number of anilines is 1. The van der Waals surface area contributed by atoms with Crippen molar-refractivity contribution >= 4 is 46.5 Å². The van der Waals surface area contributed by atoms with E-state index in [1.165, 1.54) is 7.11 Å². The fourth-order valence-corrected chi connectivity index (χ4v) is 10.3. The zero-order chi connectivity index (χ0) is 42.7. The second-order valence-corrected chi connectivity index (χ2v) is 18.5. The highest BCUT2D eigenvalue weighted by Gasteiger charge is 2.53. The summed E-state index contributed by atoms with van der Waals surface area (Å²) in [5.41, 5.74) is -0.967. The van der Waals surface area contributed by atoms with Crippen molar-refractivity contribution in [2.45, 2.75) is 178 Å². The number of hydrogen-bond acceptors (Lipinski definition) is 12. The maximum absolute atomic E-state index is 14.5. The number of rotatable bonds is 19. The van der Waals surface area contributed by atoms with E-state index in [1.807, 2.05) is 13.8 Å². The minimum absolute atomic E-state index is 0.00891. The van der Waals surface area contributed by atoms with E-state index in [0.717, 1.165) is 116 Å². The first-order chi connectivity index (χ1) is 28.9. The van der Waals surface area contributed by atoms with Crippen molar-refractivity contribution in [1.29, 1.82) is 5.26 Å². The molecule has 1 N–H and O–H groups in total. The Bertz CT molecular complexity index is 1630. The van der Waals surface area contributed by atoms with Crippen molar-refractivity contribution in [2.24, 2.45) is 0 Å². The smallest absolute Gasteiger partial charge is 0.326 e. The first-order valence-corrected chi connectivity index (χ1v) is 23.2.